The van der Waals surface area contributed by atoms with Gasteiger partial charge >= 0.3 is 18.1 Å². The number of carbonyl (C=O) groups excluding carboxylic acids is 1. The number of nitrogen functional groups attached to an aromatic ring is 1. The van der Waals surface area contributed by atoms with Gasteiger partial charge in [-0.15, -0.1) is 0 Å². The highest BCUT2D eigenvalue weighted by Gasteiger charge is 2.56. The highest BCUT2D eigenvalue weighted by molar-refractivity contribution is 6.31. The van der Waals surface area contributed by atoms with Crippen molar-refractivity contribution >= 4 is 46.0 Å². The minimum Gasteiger partial charge on any atom is -0.481 e. The predicted octanol–water partition coefficient (Wildman–Crippen LogP) is 5.59. The summed E-state index contributed by atoms with van der Waals surface area (Å²) >= 11 is 6.06. The summed E-state index contributed by atoms with van der Waals surface area (Å²) in [6.07, 6.45) is -7.03. The molecule has 1 amide bonds. The van der Waals surface area contributed by atoms with Crippen molar-refractivity contribution in [1.82, 2.24) is 19.7 Å². The molecule has 4 aromatic rings. The number of aromatic nitrogens is 4. The van der Waals surface area contributed by atoms with Gasteiger partial charge in [-0.25, -0.2) is 9.97 Å². The first kappa shape index (κ1) is 29.2. The average molecular weight is 609 g/mol. The Balaban J connectivity index is 1.54. The standard InChI is InChI=1S/C27H22ClF5N6O3/c1-25(14-5-2-13(3-6-14)4-9-18(40)41)19-21(34)35-23(36-22(19)37-24(25)42)20-16-8-7-15(28)12-17(16)39(38-20)11-10-26(29,30)27(31,32)33/h2-3,5-8,12H,4,9-11H2,1H3,(H,40,41)(H3,34,35,36,37,42). The van der Waals surface area contributed by atoms with Gasteiger partial charge in [0.05, 0.1) is 11.1 Å². The van der Waals surface area contributed by atoms with Gasteiger partial charge in [-0.05, 0) is 42.7 Å². The van der Waals surface area contributed by atoms with E-state index in [1.165, 1.54) is 18.2 Å². The van der Waals surface area contributed by atoms with E-state index >= 15 is 0 Å². The van der Waals surface area contributed by atoms with Crippen LogP contribution in [0, 0.1) is 0 Å². The van der Waals surface area contributed by atoms with Crippen LogP contribution < -0.4 is 11.1 Å². The van der Waals surface area contributed by atoms with Crippen LogP contribution in [-0.2, 0) is 28.0 Å². The number of carbonyl (C=O) groups is 2. The maximum atomic E-state index is 13.7. The number of anilines is 2. The molecule has 0 aliphatic carbocycles. The van der Waals surface area contributed by atoms with Crippen LogP contribution in [0.3, 0.4) is 0 Å². The Morgan fingerprint density at radius 1 is 1.12 bits per heavy atom. The number of rotatable bonds is 8. The van der Waals surface area contributed by atoms with Gasteiger partial charge in [-0.1, -0.05) is 35.9 Å². The number of amides is 1. The van der Waals surface area contributed by atoms with Gasteiger partial charge in [0.25, 0.3) is 0 Å². The van der Waals surface area contributed by atoms with E-state index in [1.54, 1.807) is 31.2 Å². The molecule has 0 radical (unpaired) electrons. The molecule has 3 heterocycles. The molecule has 2 aromatic heterocycles. The van der Waals surface area contributed by atoms with E-state index < -0.39 is 42.4 Å². The molecule has 9 nitrogen and oxygen atoms in total. The molecular weight excluding hydrogens is 587 g/mol. The summed E-state index contributed by atoms with van der Waals surface area (Å²) < 4.78 is 66.6. The number of halogens is 6. The van der Waals surface area contributed by atoms with Crippen molar-refractivity contribution in [2.75, 3.05) is 11.1 Å². The van der Waals surface area contributed by atoms with Crippen molar-refractivity contribution < 1.29 is 36.6 Å². The van der Waals surface area contributed by atoms with E-state index in [-0.39, 0.29) is 45.7 Å². The number of hydrogen-bond acceptors (Lipinski definition) is 6. The van der Waals surface area contributed by atoms with Gasteiger partial charge in [-0.2, -0.15) is 27.1 Å². The minimum atomic E-state index is -5.72. The molecule has 42 heavy (non-hydrogen) atoms. The number of nitrogens with zero attached hydrogens (tertiary/aromatic N) is 4. The highest BCUT2D eigenvalue weighted by Crippen LogP contribution is 2.45. The van der Waals surface area contributed by atoms with Crippen LogP contribution in [-0.4, -0.2) is 48.8 Å². The molecule has 0 saturated heterocycles. The Morgan fingerprint density at radius 3 is 2.45 bits per heavy atom. The fraction of sp³-hybridized carbons (Fsp3) is 0.296. The van der Waals surface area contributed by atoms with Crippen molar-refractivity contribution in [2.45, 2.75) is 50.2 Å². The van der Waals surface area contributed by atoms with Crippen LogP contribution in [0.5, 0.6) is 0 Å². The molecular formula is C27H22ClF5N6O3. The Morgan fingerprint density at radius 2 is 1.81 bits per heavy atom. The van der Waals surface area contributed by atoms with Crippen LogP contribution in [0.2, 0.25) is 5.02 Å². The average Bonchev–Trinajstić information content (AvgIpc) is 3.40. The smallest absolute Gasteiger partial charge is 0.453 e. The molecule has 4 N–H and O–H groups in total. The van der Waals surface area contributed by atoms with E-state index in [9.17, 15) is 31.5 Å². The number of carboxylic acid groups (broad SMARTS) is 1. The van der Waals surface area contributed by atoms with E-state index in [1.807, 2.05) is 0 Å². The predicted molar refractivity (Wildman–Crippen MR) is 143 cm³/mol. The number of carboxylic acids is 1. The van der Waals surface area contributed by atoms with Crippen LogP contribution in [0.4, 0.5) is 33.6 Å². The van der Waals surface area contributed by atoms with Gasteiger partial charge in [-0.3, -0.25) is 14.3 Å². The quantitative estimate of drug-likeness (QED) is 0.222. The van der Waals surface area contributed by atoms with Crippen LogP contribution in [0.25, 0.3) is 22.4 Å². The third-order valence-electron chi connectivity index (χ3n) is 7.26. The Kier molecular flexibility index (Phi) is 7.08. The number of aliphatic carboxylic acids is 1. The molecule has 15 heteroatoms. The van der Waals surface area contributed by atoms with Gasteiger partial charge < -0.3 is 16.2 Å². The first-order valence-corrected chi connectivity index (χ1v) is 12.9. The van der Waals surface area contributed by atoms with Crippen LogP contribution in [0.15, 0.2) is 42.5 Å². The summed E-state index contributed by atoms with van der Waals surface area (Å²) in [5.41, 5.74) is 6.85. The number of hydrogen-bond donors (Lipinski definition) is 3. The van der Waals surface area contributed by atoms with Crippen molar-refractivity contribution in [3.63, 3.8) is 0 Å². The summed E-state index contributed by atoms with van der Waals surface area (Å²) in [7, 11) is 0. The number of benzene rings is 2. The number of nitrogens with two attached hydrogens (primary N) is 1. The fourth-order valence-corrected chi connectivity index (χ4v) is 5.08. The number of nitrogens with one attached hydrogen (secondary N) is 1. The zero-order valence-electron chi connectivity index (χ0n) is 21.8. The second kappa shape index (κ2) is 10.2. The molecule has 0 fully saturated rings. The lowest BCUT2D eigenvalue weighted by Crippen LogP contribution is -2.37. The second-order valence-electron chi connectivity index (χ2n) is 10.0. The number of alkyl halides is 5. The summed E-state index contributed by atoms with van der Waals surface area (Å²) in [6.45, 7) is 0.841. The minimum absolute atomic E-state index is 0.0390. The first-order chi connectivity index (χ1) is 19.6. The van der Waals surface area contributed by atoms with Crippen molar-refractivity contribution in [2.24, 2.45) is 0 Å². The van der Waals surface area contributed by atoms with E-state index in [0.29, 0.717) is 17.4 Å². The molecule has 1 atom stereocenters. The summed E-state index contributed by atoms with van der Waals surface area (Å²) in [6, 6.07) is 11.2. The number of aryl methyl sites for hydroxylation is 2. The third-order valence-corrected chi connectivity index (χ3v) is 7.49. The lowest BCUT2D eigenvalue weighted by Gasteiger charge is -2.23. The van der Waals surface area contributed by atoms with Gasteiger partial charge in [0.2, 0.25) is 5.91 Å². The van der Waals surface area contributed by atoms with Crippen molar-refractivity contribution in [3.8, 4) is 11.5 Å². The Labute approximate surface area is 239 Å². The second-order valence-corrected chi connectivity index (χ2v) is 10.4. The van der Waals surface area contributed by atoms with Crippen molar-refractivity contribution in [3.05, 3.63) is 64.2 Å². The molecule has 220 valence electrons. The van der Waals surface area contributed by atoms with Crippen LogP contribution in [0.1, 0.15) is 36.5 Å². The topological polar surface area (TPSA) is 136 Å². The van der Waals surface area contributed by atoms with E-state index in [4.69, 9.17) is 22.4 Å². The van der Waals surface area contributed by atoms with Gasteiger partial charge in [0.15, 0.2) is 5.82 Å². The van der Waals surface area contributed by atoms with Crippen LogP contribution >= 0.6 is 11.6 Å². The lowest BCUT2D eigenvalue weighted by molar-refractivity contribution is -0.285. The molecule has 2 aromatic carbocycles. The number of fused-ring (bicyclic) bond motifs is 2. The maximum Gasteiger partial charge on any atom is 0.453 e. The van der Waals surface area contributed by atoms with E-state index in [2.05, 4.69) is 20.4 Å². The summed E-state index contributed by atoms with van der Waals surface area (Å²) in [5.74, 6) is -6.41. The molecule has 0 saturated carbocycles. The molecule has 5 rings (SSSR count). The first-order valence-electron chi connectivity index (χ1n) is 12.5. The Bertz CT molecular complexity index is 1720. The summed E-state index contributed by atoms with van der Waals surface area (Å²) in [5, 5.41) is 16.4. The summed E-state index contributed by atoms with van der Waals surface area (Å²) in [4.78, 5) is 32.9. The largest absolute Gasteiger partial charge is 0.481 e. The van der Waals surface area contributed by atoms with E-state index in [0.717, 1.165) is 10.2 Å². The van der Waals surface area contributed by atoms with Gasteiger partial charge in [0, 0.05) is 29.8 Å². The third kappa shape index (κ3) is 4.99. The zero-order valence-corrected chi connectivity index (χ0v) is 22.5. The zero-order chi connectivity index (χ0) is 30.6. The maximum absolute atomic E-state index is 13.7. The molecule has 1 aliphatic rings. The fourth-order valence-electron chi connectivity index (χ4n) is 4.92. The molecule has 1 unspecified atom stereocenters. The lowest BCUT2D eigenvalue weighted by atomic mass is 9.77. The monoisotopic (exact) mass is 608 g/mol. The van der Waals surface area contributed by atoms with Gasteiger partial charge in [0.1, 0.15) is 22.7 Å². The van der Waals surface area contributed by atoms with Crippen molar-refractivity contribution in [1.29, 1.82) is 0 Å². The highest BCUT2D eigenvalue weighted by atomic mass is 35.5. The SMILES string of the molecule is CC1(c2ccc(CCC(=O)O)cc2)C(=O)Nc2nc(-c3nn(CCC(F)(F)C(F)(F)F)c4cc(Cl)ccc34)nc(N)c21. The molecule has 1 aliphatic heterocycles. The molecule has 0 spiro atoms. The Hall–Kier alpha value is -4.33. The molecule has 0 bridgehead atoms. The normalized spacial score (nSPS) is 17.0.